The van der Waals surface area contributed by atoms with Gasteiger partial charge in [0.2, 0.25) is 0 Å². The molecule has 6 rings (SSSR count). The molecule has 2 bridgehead atoms. The number of aryl methyl sites for hydroxylation is 1. The first-order valence-electron chi connectivity index (χ1n) is 11.0. The largest absolute Gasteiger partial charge is 0.355 e. The third-order valence-electron chi connectivity index (χ3n) is 6.80. The molecule has 0 aliphatic carbocycles. The molecule has 0 aromatic carbocycles. The van der Waals surface area contributed by atoms with Gasteiger partial charge in [0.15, 0.2) is 5.82 Å². The van der Waals surface area contributed by atoms with Gasteiger partial charge in [0.05, 0.1) is 40.8 Å². The number of pyridine rings is 1. The third-order valence-corrected chi connectivity index (χ3v) is 6.80. The Morgan fingerprint density at radius 3 is 2.61 bits per heavy atom. The van der Waals surface area contributed by atoms with Gasteiger partial charge in [-0.3, -0.25) is 0 Å². The van der Waals surface area contributed by atoms with Crippen LogP contribution < -0.4 is 10.2 Å². The summed E-state index contributed by atoms with van der Waals surface area (Å²) in [5, 5.41) is 17.6. The van der Waals surface area contributed by atoms with E-state index in [0.29, 0.717) is 18.1 Å². The third kappa shape index (κ3) is 3.18. The van der Waals surface area contributed by atoms with Crippen LogP contribution in [0.25, 0.3) is 28.2 Å². The van der Waals surface area contributed by atoms with E-state index in [2.05, 4.69) is 72.9 Å². The average molecular weight is 415 g/mol. The summed E-state index contributed by atoms with van der Waals surface area (Å²) >= 11 is 0. The second kappa shape index (κ2) is 7.16. The zero-order chi connectivity index (χ0) is 20.9. The lowest BCUT2D eigenvalue weighted by Gasteiger charge is -2.36. The summed E-state index contributed by atoms with van der Waals surface area (Å²) in [6.07, 6.45) is 8.45. The molecule has 0 saturated carbocycles. The van der Waals surface area contributed by atoms with Crippen LogP contribution in [0.2, 0.25) is 0 Å². The molecule has 158 valence electrons. The molecule has 4 aromatic rings. The van der Waals surface area contributed by atoms with E-state index >= 15 is 0 Å². The van der Waals surface area contributed by atoms with Crippen LogP contribution in [0.5, 0.6) is 0 Å². The normalized spacial score (nSPS) is 22.8. The van der Waals surface area contributed by atoms with Crippen LogP contribution in [0.4, 0.5) is 5.82 Å². The summed E-state index contributed by atoms with van der Waals surface area (Å²) in [6.45, 7) is 2.00. The highest BCUT2D eigenvalue weighted by Gasteiger charge is 2.35. The highest BCUT2D eigenvalue weighted by Crippen LogP contribution is 2.32. The minimum Gasteiger partial charge on any atom is -0.355 e. The van der Waals surface area contributed by atoms with Gasteiger partial charge in [-0.2, -0.15) is 5.10 Å². The Kier molecular flexibility index (Phi) is 4.27. The van der Waals surface area contributed by atoms with E-state index in [4.69, 9.17) is 0 Å². The van der Waals surface area contributed by atoms with Crippen molar-refractivity contribution in [3.8, 4) is 22.6 Å². The molecule has 0 radical (unpaired) electrons. The molecule has 0 spiro atoms. The molecule has 0 amide bonds. The number of anilines is 1. The SMILES string of the molecule is Cc1cc2c(-c3ccc(N(C)C4C[C@H]5CC[C@@H](C4)N5)nn3)ccc(-c3cnc[nH]3)n2n1. The van der Waals surface area contributed by atoms with Crippen molar-refractivity contribution in [2.45, 2.75) is 50.7 Å². The number of aromatic amines is 1. The van der Waals surface area contributed by atoms with Crippen LogP contribution in [-0.4, -0.2) is 55.0 Å². The van der Waals surface area contributed by atoms with Gasteiger partial charge in [-0.1, -0.05) is 0 Å². The predicted molar refractivity (Wildman–Crippen MR) is 120 cm³/mol. The van der Waals surface area contributed by atoms with Crippen molar-refractivity contribution in [3.05, 3.63) is 48.5 Å². The Labute approximate surface area is 180 Å². The molecule has 2 fully saturated rings. The number of hydrogen-bond acceptors (Lipinski definition) is 6. The number of aromatic nitrogens is 6. The molecule has 31 heavy (non-hydrogen) atoms. The topological polar surface area (TPSA) is 87.0 Å². The molecule has 6 heterocycles. The standard InChI is InChI=1S/C23H26N8/c1-14-9-22-18(5-7-21(31(22)29-14)20-12-24-13-25-20)19-6-8-23(28-27-19)30(2)17-10-15-3-4-16(11-17)26-15/h5-9,12-13,15-17,26H,3-4,10-11H2,1-2H3,(H,24,25)/t15-,16+,17?. The van der Waals surface area contributed by atoms with Crippen molar-refractivity contribution in [3.63, 3.8) is 0 Å². The average Bonchev–Trinajstić information content (AvgIpc) is 3.52. The van der Waals surface area contributed by atoms with Gasteiger partial charge in [0.1, 0.15) is 0 Å². The maximum atomic E-state index is 4.69. The smallest absolute Gasteiger partial charge is 0.151 e. The van der Waals surface area contributed by atoms with Gasteiger partial charge in [-0.05, 0) is 62.9 Å². The van der Waals surface area contributed by atoms with E-state index in [-0.39, 0.29) is 0 Å². The highest BCUT2D eigenvalue weighted by atomic mass is 15.3. The Hall–Kier alpha value is -3.26. The summed E-state index contributed by atoms with van der Waals surface area (Å²) in [6, 6.07) is 12.2. The number of fused-ring (bicyclic) bond motifs is 3. The summed E-state index contributed by atoms with van der Waals surface area (Å²) in [7, 11) is 2.15. The van der Waals surface area contributed by atoms with Crippen LogP contribution in [0.3, 0.4) is 0 Å². The maximum absolute atomic E-state index is 4.69. The van der Waals surface area contributed by atoms with Gasteiger partial charge in [0.25, 0.3) is 0 Å². The van der Waals surface area contributed by atoms with E-state index in [1.807, 2.05) is 17.6 Å². The minimum atomic E-state index is 0.525. The van der Waals surface area contributed by atoms with Crippen LogP contribution >= 0.6 is 0 Å². The van der Waals surface area contributed by atoms with Crippen LogP contribution in [0, 0.1) is 6.92 Å². The van der Waals surface area contributed by atoms with Gasteiger partial charge in [0, 0.05) is 30.7 Å². The minimum absolute atomic E-state index is 0.525. The number of rotatable bonds is 4. The van der Waals surface area contributed by atoms with Crippen molar-refractivity contribution in [1.29, 1.82) is 0 Å². The van der Waals surface area contributed by atoms with Crippen molar-refractivity contribution < 1.29 is 0 Å². The summed E-state index contributed by atoms with van der Waals surface area (Å²) < 4.78 is 1.95. The van der Waals surface area contributed by atoms with Crippen molar-refractivity contribution in [1.82, 2.24) is 35.1 Å². The Bertz CT molecular complexity index is 1200. The van der Waals surface area contributed by atoms with Gasteiger partial charge in [-0.25, -0.2) is 9.50 Å². The number of piperidine rings is 1. The van der Waals surface area contributed by atoms with Gasteiger partial charge >= 0.3 is 0 Å². The van der Waals surface area contributed by atoms with Crippen molar-refractivity contribution in [2.24, 2.45) is 0 Å². The fourth-order valence-electron chi connectivity index (χ4n) is 5.20. The first-order chi connectivity index (χ1) is 15.2. The molecule has 4 aromatic heterocycles. The maximum Gasteiger partial charge on any atom is 0.151 e. The lowest BCUT2D eigenvalue weighted by atomic mass is 9.98. The Balaban J connectivity index is 1.32. The second-order valence-corrected chi connectivity index (χ2v) is 8.83. The van der Waals surface area contributed by atoms with E-state index in [9.17, 15) is 0 Å². The molecular weight excluding hydrogens is 388 g/mol. The molecule has 2 aliphatic rings. The molecule has 3 atom stereocenters. The zero-order valence-electron chi connectivity index (χ0n) is 17.8. The van der Waals surface area contributed by atoms with Crippen molar-refractivity contribution >= 4 is 11.3 Å². The molecule has 2 saturated heterocycles. The molecule has 8 heteroatoms. The predicted octanol–water partition coefficient (Wildman–Crippen LogP) is 3.21. The first kappa shape index (κ1) is 18.5. The quantitative estimate of drug-likeness (QED) is 0.533. The van der Waals surface area contributed by atoms with Crippen molar-refractivity contribution in [2.75, 3.05) is 11.9 Å². The fourth-order valence-corrected chi connectivity index (χ4v) is 5.20. The number of nitrogens with one attached hydrogen (secondary N) is 2. The monoisotopic (exact) mass is 414 g/mol. The van der Waals surface area contributed by atoms with Crippen LogP contribution in [0.1, 0.15) is 31.4 Å². The van der Waals surface area contributed by atoms with Crippen LogP contribution in [-0.2, 0) is 0 Å². The van der Waals surface area contributed by atoms with E-state index in [0.717, 1.165) is 39.7 Å². The highest BCUT2D eigenvalue weighted by molar-refractivity contribution is 5.81. The number of nitrogens with zero attached hydrogens (tertiary/aromatic N) is 6. The molecule has 8 nitrogen and oxygen atoms in total. The summed E-state index contributed by atoms with van der Waals surface area (Å²) in [5.41, 5.74) is 5.73. The lowest BCUT2D eigenvalue weighted by Crippen LogP contribution is -2.47. The molecule has 1 unspecified atom stereocenters. The molecular formula is C23H26N8. The summed E-state index contributed by atoms with van der Waals surface area (Å²) in [5.74, 6) is 0.935. The second-order valence-electron chi connectivity index (χ2n) is 8.83. The number of H-pyrrole nitrogens is 1. The summed E-state index contributed by atoms with van der Waals surface area (Å²) in [4.78, 5) is 9.62. The fraction of sp³-hybridized carbons (Fsp3) is 0.391. The van der Waals surface area contributed by atoms with E-state index in [1.54, 1.807) is 6.33 Å². The number of hydrogen-bond donors (Lipinski definition) is 2. The number of imidazole rings is 1. The van der Waals surface area contributed by atoms with Crippen LogP contribution in [0.15, 0.2) is 42.9 Å². The first-order valence-corrected chi connectivity index (χ1v) is 11.0. The zero-order valence-corrected chi connectivity index (χ0v) is 17.8. The molecule has 2 aliphatic heterocycles. The van der Waals surface area contributed by atoms with E-state index < -0.39 is 0 Å². The van der Waals surface area contributed by atoms with Gasteiger partial charge in [-0.15, -0.1) is 10.2 Å². The molecule has 2 N–H and O–H groups in total. The van der Waals surface area contributed by atoms with E-state index in [1.165, 1.54) is 25.7 Å². The lowest BCUT2D eigenvalue weighted by molar-refractivity contribution is 0.353. The van der Waals surface area contributed by atoms with Gasteiger partial charge < -0.3 is 15.2 Å². The Morgan fingerprint density at radius 2 is 1.90 bits per heavy atom. The Morgan fingerprint density at radius 1 is 1.06 bits per heavy atom.